The topological polar surface area (TPSA) is 58.6 Å². The molecule has 1 heterocycles. The van der Waals surface area contributed by atoms with Crippen molar-refractivity contribution in [3.05, 3.63) is 95.6 Å². The first-order valence-corrected chi connectivity index (χ1v) is 10.8. The number of anilines is 1. The molecule has 0 bridgehead atoms. The highest BCUT2D eigenvalue weighted by atomic mass is 16.5. The van der Waals surface area contributed by atoms with E-state index in [2.05, 4.69) is 5.32 Å². The number of ether oxygens (including phenoxy) is 1. The Balaban J connectivity index is 1.63. The van der Waals surface area contributed by atoms with Gasteiger partial charge in [0, 0.05) is 35.5 Å². The highest BCUT2D eigenvalue weighted by molar-refractivity contribution is 6.29. The SMILES string of the molecule is COc1ccccc1/C=C(/C(=O)Nc1cccc(C(=O)N2CCCC2)c1)c1ccccc1. The molecule has 1 N–H and O–H groups in total. The summed E-state index contributed by atoms with van der Waals surface area (Å²) >= 11 is 0. The Morgan fingerprint density at radius 3 is 2.31 bits per heavy atom. The van der Waals surface area contributed by atoms with Gasteiger partial charge in [-0.1, -0.05) is 54.6 Å². The smallest absolute Gasteiger partial charge is 0.256 e. The molecule has 3 aromatic carbocycles. The Morgan fingerprint density at radius 1 is 0.875 bits per heavy atom. The van der Waals surface area contributed by atoms with Gasteiger partial charge in [0.05, 0.1) is 7.11 Å². The summed E-state index contributed by atoms with van der Waals surface area (Å²) in [6.07, 6.45) is 3.90. The monoisotopic (exact) mass is 426 g/mol. The van der Waals surface area contributed by atoms with E-state index in [0.717, 1.165) is 37.1 Å². The Labute approximate surface area is 188 Å². The number of amides is 2. The molecule has 1 aliphatic heterocycles. The first-order chi connectivity index (χ1) is 15.7. The van der Waals surface area contributed by atoms with Gasteiger partial charge in [0.2, 0.25) is 0 Å². The minimum atomic E-state index is -0.257. The van der Waals surface area contributed by atoms with Crippen LogP contribution < -0.4 is 10.1 Å². The number of nitrogens with zero attached hydrogens (tertiary/aromatic N) is 1. The van der Waals surface area contributed by atoms with E-state index >= 15 is 0 Å². The standard InChI is InChI=1S/C27H26N2O3/c1-32-25-15-6-5-12-21(25)19-24(20-10-3-2-4-11-20)26(30)28-23-14-9-13-22(18-23)27(31)29-16-7-8-17-29/h2-6,9-15,18-19H,7-8,16-17H2,1H3,(H,28,30)/b24-19+. The van der Waals surface area contributed by atoms with Gasteiger partial charge < -0.3 is 15.0 Å². The van der Waals surface area contributed by atoms with Crippen molar-refractivity contribution in [2.75, 3.05) is 25.5 Å². The quantitative estimate of drug-likeness (QED) is 0.440. The van der Waals surface area contributed by atoms with Crippen molar-refractivity contribution >= 4 is 29.2 Å². The number of carbonyl (C=O) groups excluding carboxylic acids is 2. The molecule has 0 aliphatic carbocycles. The van der Waals surface area contributed by atoms with Crippen LogP contribution in [0.4, 0.5) is 5.69 Å². The zero-order chi connectivity index (χ0) is 22.3. The highest BCUT2D eigenvalue weighted by Crippen LogP contribution is 2.26. The van der Waals surface area contributed by atoms with Gasteiger partial charge in [0.1, 0.15) is 5.75 Å². The lowest BCUT2D eigenvalue weighted by Crippen LogP contribution is -2.27. The predicted octanol–water partition coefficient (Wildman–Crippen LogP) is 5.11. The van der Waals surface area contributed by atoms with E-state index in [9.17, 15) is 9.59 Å². The Kier molecular flexibility index (Phi) is 6.66. The number of para-hydroxylation sites is 1. The lowest BCUT2D eigenvalue weighted by molar-refractivity contribution is -0.111. The van der Waals surface area contributed by atoms with E-state index in [0.29, 0.717) is 22.6 Å². The third-order valence-electron chi connectivity index (χ3n) is 5.53. The highest BCUT2D eigenvalue weighted by Gasteiger charge is 2.20. The van der Waals surface area contributed by atoms with Crippen molar-refractivity contribution in [3.63, 3.8) is 0 Å². The summed E-state index contributed by atoms with van der Waals surface area (Å²) in [4.78, 5) is 27.9. The van der Waals surface area contributed by atoms with Crippen LogP contribution >= 0.6 is 0 Å². The summed E-state index contributed by atoms with van der Waals surface area (Å²) in [6, 6.07) is 24.2. The Bertz CT molecular complexity index is 1130. The molecule has 3 aromatic rings. The van der Waals surface area contributed by atoms with Crippen LogP contribution in [0.25, 0.3) is 11.6 Å². The van der Waals surface area contributed by atoms with E-state index in [1.54, 1.807) is 31.4 Å². The molecule has 162 valence electrons. The molecule has 1 saturated heterocycles. The molecule has 2 amide bonds. The fourth-order valence-corrected chi connectivity index (χ4v) is 3.87. The normalized spacial score (nSPS) is 13.7. The first-order valence-electron chi connectivity index (χ1n) is 10.8. The second-order valence-electron chi connectivity index (χ2n) is 7.70. The van der Waals surface area contributed by atoms with Crippen molar-refractivity contribution in [1.82, 2.24) is 4.90 Å². The molecule has 1 fully saturated rings. The molecule has 0 aromatic heterocycles. The lowest BCUT2D eigenvalue weighted by Gasteiger charge is -2.16. The van der Waals surface area contributed by atoms with E-state index in [-0.39, 0.29) is 11.8 Å². The summed E-state index contributed by atoms with van der Waals surface area (Å²) in [6.45, 7) is 1.57. The van der Waals surface area contributed by atoms with Crippen LogP contribution in [0.5, 0.6) is 5.75 Å². The molecule has 5 nitrogen and oxygen atoms in total. The van der Waals surface area contributed by atoms with Crippen molar-refractivity contribution < 1.29 is 14.3 Å². The van der Waals surface area contributed by atoms with Gasteiger partial charge in [-0.25, -0.2) is 0 Å². The van der Waals surface area contributed by atoms with Gasteiger partial charge in [-0.2, -0.15) is 0 Å². The largest absolute Gasteiger partial charge is 0.496 e. The Hall–Kier alpha value is -3.86. The molecule has 5 heteroatoms. The molecule has 0 spiro atoms. The number of rotatable bonds is 6. The molecule has 32 heavy (non-hydrogen) atoms. The van der Waals surface area contributed by atoms with Gasteiger partial charge in [0.15, 0.2) is 0 Å². The van der Waals surface area contributed by atoms with Gasteiger partial charge >= 0.3 is 0 Å². The third-order valence-corrected chi connectivity index (χ3v) is 5.53. The summed E-state index contributed by atoms with van der Waals surface area (Å²) in [5, 5.41) is 2.97. The fraction of sp³-hybridized carbons (Fsp3) is 0.185. The second-order valence-corrected chi connectivity index (χ2v) is 7.70. The number of carbonyl (C=O) groups is 2. The van der Waals surface area contributed by atoms with Gasteiger partial charge in [-0.05, 0) is 48.7 Å². The van der Waals surface area contributed by atoms with E-state index in [4.69, 9.17) is 4.74 Å². The van der Waals surface area contributed by atoms with Gasteiger partial charge in [0.25, 0.3) is 11.8 Å². The van der Waals surface area contributed by atoms with Crippen LogP contribution in [-0.2, 0) is 4.79 Å². The van der Waals surface area contributed by atoms with Crippen molar-refractivity contribution in [2.24, 2.45) is 0 Å². The minimum Gasteiger partial charge on any atom is -0.496 e. The van der Waals surface area contributed by atoms with Crippen LogP contribution in [0.1, 0.15) is 34.3 Å². The molecular weight excluding hydrogens is 400 g/mol. The number of benzene rings is 3. The zero-order valence-corrected chi connectivity index (χ0v) is 18.1. The maximum absolute atomic E-state index is 13.3. The third kappa shape index (κ3) is 4.89. The first kappa shape index (κ1) is 21.4. The molecule has 0 atom stereocenters. The van der Waals surface area contributed by atoms with Gasteiger partial charge in [-0.3, -0.25) is 9.59 Å². The van der Waals surface area contributed by atoms with Crippen molar-refractivity contribution in [3.8, 4) is 5.75 Å². The number of likely N-dealkylation sites (tertiary alicyclic amines) is 1. The molecule has 0 radical (unpaired) electrons. The number of nitrogens with one attached hydrogen (secondary N) is 1. The average Bonchev–Trinajstić information content (AvgIpc) is 3.38. The van der Waals surface area contributed by atoms with Crippen LogP contribution in [0.2, 0.25) is 0 Å². The van der Waals surface area contributed by atoms with Crippen molar-refractivity contribution in [1.29, 1.82) is 0 Å². The van der Waals surface area contributed by atoms with Crippen LogP contribution in [0.15, 0.2) is 78.9 Å². The zero-order valence-electron chi connectivity index (χ0n) is 18.1. The Morgan fingerprint density at radius 2 is 1.56 bits per heavy atom. The van der Waals surface area contributed by atoms with Crippen molar-refractivity contribution in [2.45, 2.75) is 12.8 Å². The predicted molar refractivity (Wildman–Crippen MR) is 128 cm³/mol. The maximum Gasteiger partial charge on any atom is 0.256 e. The number of hydrogen-bond acceptors (Lipinski definition) is 3. The van der Waals surface area contributed by atoms with Crippen LogP contribution in [0.3, 0.4) is 0 Å². The molecule has 0 unspecified atom stereocenters. The van der Waals surface area contributed by atoms with Gasteiger partial charge in [-0.15, -0.1) is 0 Å². The summed E-state index contributed by atoms with van der Waals surface area (Å²) in [5.41, 5.74) is 3.27. The average molecular weight is 427 g/mol. The minimum absolute atomic E-state index is 0.00597. The van der Waals surface area contributed by atoms with E-state index in [1.807, 2.05) is 65.6 Å². The summed E-state index contributed by atoms with van der Waals surface area (Å²) in [5.74, 6) is 0.436. The lowest BCUT2D eigenvalue weighted by atomic mass is 10.0. The number of methoxy groups -OCH3 is 1. The number of hydrogen-bond donors (Lipinski definition) is 1. The van der Waals surface area contributed by atoms with Crippen LogP contribution in [0, 0.1) is 0 Å². The second kappa shape index (κ2) is 9.96. The summed E-state index contributed by atoms with van der Waals surface area (Å²) in [7, 11) is 1.61. The van der Waals surface area contributed by atoms with E-state index < -0.39 is 0 Å². The van der Waals surface area contributed by atoms with Crippen LogP contribution in [-0.4, -0.2) is 36.9 Å². The maximum atomic E-state index is 13.3. The van der Waals surface area contributed by atoms with E-state index in [1.165, 1.54) is 0 Å². The fourth-order valence-electron chi connectivity index (χ4n) is 3.87. The molecular formula is C27H26N2O3. The molecule has 1 aliphatic rings. The molecule has 4 rings (SSSR count). The molecule has 0 saturated carbocycles. The summed E-state index contributed by atoms with van der Waals surface area (Å²) < 4.78 is 5.45.